The van der Waals surface area contributed by atoms with Gasteiger partial charge in [-0.25, -0.2) is 0 Å². The molecule has 0 amide bonds. The Morgan fingerprint density at radius 3 is 1.21 bits per heavy atom. The average molecular weight is 555 g/mol. The normalized spacial score (nSPS) is 12.2. The zero-order valence-corrected chi connectivity index (χ0v) is 26.7. The van der Waals surface area contributed by atoms with E-state index in [4.69, 9.17) is 9.47 Å². The van der Waals surface area contributed by atoms with Gasteiger partial charge < -0.3 is 14.6 Å². The molecule has 0 spiro atoms. The van der Waals surface area contributed by atoms with Crippen molar-refractivity contribution in [2.75, 3.05) is 19.8 Å². The molecule has 0 unspecified atom stereocenters. The first-order valence-corrected chi connectivity index (χ1v) is 17.6. The number of hydrogen-bond donors (Lipinski definition) is 1. The third-order valence-electron chi connectivity index (χ3n) is 7.93. The molecule has 0 aromatic heterocycles. The standard InChI is InChI=1S/C35H70O4/c1-3-5-7-9-11-13-15-16-17-18-19-21-23-25-27-29-31-38-33-34(32-36)39-35(37)30-28-26-24-22-20-14-12-10-8-6-4-2/h34,36H,3-33H2,1-2H3/t34-/m0/s1. The monoisotopic (exact) mass is 555 g/mol. The highest BCUT2D eigenvalue weighted by atomic mass is 16.6. The number of esters is 1. The lowest BCUT2D eigenvalue weighted by Crippen LogP contribution is -2.27. The third kappa shape index (κ3) is 31.8. The second kappa shape index (κ2) is 33.6. The maximum Gasteiger partial charge on any atom is 0.306 e. The van der Waals surface area contributed by atoms with Crippen molar-refractivity contribution in [2.45, 2.75) is 200 Å². The third-order valence-corrected chi connectivity index (χ3v) is 7.93. The second-order valence-corrected chi connectivity index (χ2v) is 12.0. The molecule has 0 rings (SSSR count). The number of ether oxygens (including phenoxy) is 2. The van der Waals surface area contributed by atoms with Crippen molar-refractivity contribution in [3.8, 4) is 0 Å². The van der Waals surface area contributed by atoms with E-state index in [9.17, 15) is 9.90 Å². The van der Waals surface area contributed by atoms with Crippen LogP contribution >= 0.6 is 0 Å². The number of unbranched alkanes of at least 4 members (excludes halogenated alkanes) is 25. The van der Waals surface area contributed by atoms with E-state index < -0.39 is 6.10 Å². The molecule has 0 aromatic carbocycles. The van der Waals surface area contributed by atoms with E-state index in [0.29, 0.717) is 19.6 Å². The average Bonchev–Trinajstić information content (AvgIpc) is 2.94. The summed E-state index contributed by atoms with van der Waals surface area (Å²) in [5.74, 6) is -0.198. The lowest BCUT2D eigenvalue weighted by Gasteiger charge is -2.16. The molecule has 0 aliphatic carbocycles. The highest BCUT2D eigenvalue weighted by molar-refractivity contribution is 5.69. The Bertz CT molecular complexity index is 468. The molecule has 0 fully saturated rings. The van der Waals surface area contributed by atoms with Crippen molar-refractivity contribution in [1.82, 2.24) is 0 Å². The fourth-order valence-electron chi connectivity index (χ4n) is 5.27. The lowest BCUT2D eigenvalue weighted by atomic mass is 10.0. The van der Waals surface area contributed by atoms with Crippen LogP contribution in [0, 0.1) is 0 Å². The van der Waals surface area contributed by atoms with Crippen molar-refractivity contribution in [3.63, 3.8) is 0 Å². The number of carbonyl (C=O) groups is 1. The second-order valence-electron chi connectivity index (χ2n) is 12.0. The van der Waals surface area contributed by atoms with Crippen LogP contribution in [0.1, 0.15) is 194 Å². The quantitative estimate of drug-likeness (QED) is 0.0647. The van der Waals surface area contributed by atoms with E-state index in [0.717, 1.165) is 19.3 Å². The molecule has 4 heteroatoms. The molecule has 39 heavy (non-hydrogen) atoms. The van der Waals surface area contributed by atoms with E-state index in [-0.39, 0.29) is 12.6 Å². The van der Waals surface area contributed by atoms with Crippen LogP contribution in [0.25, 0.3) is 0 Å². The van der Waals surface area contributed by atoms with Crippen LogP contribution in [0.2, 0.25) is 0 Å². The van der Waals surface area contributed by atoms with Crippen molar-refractivity contribution in [3.05, 3.63) is 0 Å². The molecular formula is C35H70O4. The molecule has 0 aliphatic heterocycles. The zero-order valence-electron chi connectivity index (χ0n) is 26.7. The minimum Gasteiger partial charge on any atom is -0.457 e. The summed E-state index contributed by atoms with van der Waals surface area (Å²) < 4.78 is 11.1. The summed E-state index contributed by atoms with van der Waals surface area (Å²) in [6.45, 7) is 5.37. The molecule has 4 nitrogen and oxygen atoms in total. The van der Waals surface area contributed by atoms with Crippen LogP contribution in [-0.4, -0.2) is 37.0 Å². The minimum absolute atomic E-state index is 0.164. The van der Waals surface area contributed by atoms with Crippen molar-refractivity contribution in [1.29, 1.82) is 0 Å². The van der Waals surface area contributed by atoms with Crippen LogP contribution < -0.4 is 0 Å². The molecule has 234 valence electrons. The molecular weight excluding hydrogens is 484 g/mol. The first-order chi connectivity index (χ1) is 19.2. The summed E-state index contributed by atoms with van der Waals surface area (Å²) >= 11 is 0. The first kappa shape index (κ1) is 38.4. The smallest absolute Gasteiger partial charge is 0.306 e. The Hall–Kier alpha value is -0.610. The topological polar surface area (TPSA) is 55.8 Å². The molecule has 0 saturated carbocycles. The maximum absolute atomic E-state index is 12.1. The van der Waals surface area contributed by atoms with Gasteiger partial charge in [0.05, 0.1) is 13.2 Å². The van der Waals surface area contributed by atoms with Gasteiger partial charge in [0, 0.05) is 13.0 Å². The molecule has 1 N–H and O–H groups in total. The molecule has 0 radical (unpaired) electrons. The fourth-order valence-corrected chi connectivity index (χ4v) is 5.27. The van der Waals surface area contributed by atoms with Gasteiger partial charge in [0.1, 0.15) is 6.10 Å². The number of aliphatic hydroxyl groups excluding tert-OH is 1. The number of hydrogen-bond acceptors (Lipinski definition) is 4. The Labute approximate surface area is 244 Å². The van der Waals surface area contributed by atoms with Crippen molar-refractivity contribution >= 4 is 5.97 Å². The molecule has 0 aromatic rings. The lowest BCUT2D eigenvalue weighted by molar-refractivity contribution is -0.154. The summed E-state index contributed by atoms with van der Waals surface area (Å²) in [5, 5.41) is 9.52. The van der Waals surface area contributed by atoms with Crippen molar-refractivity contribution in [2.24, 2.45) is 0 Å². The summed E-state index contributed by atoms with van der Waals surface area (Å²) in [6.07, 6.45) is 35.6. The summed E-state index contributed by atoms with van der Waals surface area (Å²) in [7, 11) is 0. The fraction of sp³-hybridized carbons (Fsp3) is 0.971. The van der Waals surface area contributed by atoms with E-state index >= 15 is 0 Å². The van der Waals surface area contributed by atoms with Crippen LogP contribution in [-0.2, 0) is 14.3 Å². The van der Waals surface area contributed by atoms with Gasteiger partial charge in [-0.1, -0.05) is 174 Å². The van der Waals surface area contributed by atoms with Crippen molar-refractivity contribution < 1.29 is 19.4 Å². The van der Waals surface area contributed by atoms with Gasteiger partial charge in [0.25, 0.3) is 0 Å². The van der Waals surface area contributed by atoms with Gasteiger partial charge in [-0.3, -0.25) is 4.79 Å². The Balaban J connectivity index is 3.37. The summed E-state index contributed by atoms with van der Waals surface area (Å²) in [4.78, 5) is 12.1. The van der Waals surface area contributed by atoms with E-state index in [1.165, 1.54) is 154 Å². The van der Waals surface area contributed by atoms with Gasteiger partial charge in [-0.05, 0) is 12.8 Å². The highest BCUT2D eigenvalue weighted by Gasteiger charge is 2.13. The molecule has 0 saturated heterocycles. The van der Waals surface area contributed by atoms with Crippen LogP contribution in [0.4, 0.5) is 0 Å². The van der Waals surface area contributed by atoms with Crippen LogP contribution in [0.5, 0.6) is 0 Å². The predicted molar refractivity (Wildman–Crippen MR) is 168 cm³/mol. The van der Waals surface area contributed by atoms with E-state index in [1.54, 1.807) is 0 Å². The number of carbonyl (C=O) groups excluding carboxylic acids is 1. The van der Waals surface area contributed by atoms with Crippen LogP contribution in [0.3, 0.4) is 0 Å². The number of aliphatic hydroxyl groups is 1. The predicted octanol–water partition coefficient (Wildman–Crippen LogP) is 10.9. The van der Waals surface area contributed by atoms with Gasteiger partial charge in [0.15, 0.2) is 0 Å². The SMILES string of the molecule is CCCCCCCCCCCCCCCCCCOC[C@H](CO)OC(=O)CCCCCCCCCCCCC. The molecule has 0 bridgehead atoms. The first-order valence-electron chi connectivity index (χ1n) is 17.6. The highest BCUT2D eigenvalue weighted by Crippen LogP contribution is 2.14. The largest absolute Gasteiger partial charge is 0.457 e. The summed E-state index contributed by atoms with van der Waals surface area (Å²) in [5.41, 5.74) is 0. The zero-order chi connectivity index (χ0) is 28.5. The Morgan fingerprint density at radius 2 is 0.846 bits per heavy atom. The molecule has 0 aliphatic rings. The number of rotatable bonds is 33. The Kier molecular flexibility index (Phi) is 33.1. The van der Waals surface area contributed by atoms with E-state index in [1.807, 2.05) is 0 Å². The maximum atomic E-state index is 12.1. The van der Waals surface area contributed by atoms with E-state index in [2.05, 4.69) is 13.8 Å². The minimum atomic E-state index is -0.522. The molecule has 1 atom stereocenters. The van der Waals surface area contributed by atoms with Gasteiger partial charge in [0.2, 0.25) is 0 Å². The van der Waals surface area contributed by atoms with Crippen LogP contribution in [0.15, 0.2) is 0 Å². The Morgan fingerprint density at radius 1 is 0.513 bits per heavy atom. The molecule has 0 heterocycles. The van der Waals surface area contributed by atoms with Gasteiger partial charge in [-0.2, -0.15) is 0 Å². The van der Waals surface area contributed by atoms with Gasteiger partial charge >= 0.3 is 5.97 Å². The summed E-state index contributed by atoms with van der Waals surface area (Å²) in [6, 6.07) is 0. The van der Waals surface area contributed by atoms with Gasteiger partial charge in [-0.15, -0.1) is 0 Å².